The average molecular weight is 274 g/mol. The fourth-order valence-electron chi connectivity index (χ4n) is 2.44. The van der Waals surface area contributed by atoms with Gasteiger partial charge in [-0.3, -0.25) is 9.99 Å². The van der Waals surface area contributed by atoms with Crippen LogP contribution in [-0.2, 0) is 0 Å². The van der Waals surface area contributed by atoms with E-state index in [1.807, 2.05) is 0 Å². The molecule has 8 nitrogen and oxygen atoms in total. The third-order valence-electron chi connectivity index (χ3n) is 3.54. The number of aromatic nitrogens is 5. The van der Waals surface area contributed by atoms with Gasteiger partial charge in [0.2, 0.25) is 17.8 Å². The standard InChI is InChI=1S/C12H18N8/c1-9-4-2-3-6-20(9)12-16-10(18-13)15-11(17-12)19-7-5-14-8-19/h5,7-9H,2-4,6,13H2,1H3,(H,15,16,17,18). The fourth-order valence-corrected chi connectivity index (χ4v) is 2.44. The minimum Gasteiger partial charge on any atom is -0.338 e. The van der Waals surface area contributed by atoms with E-state index in [4.69, 9.17) is 5.84 Å². The Morgan fingerprint density at radius 1 is 1.25 bits per heavy atom. The highest BCUT2D eigenvalue weighted by Gasteiger charge is 2.22. The van der Waals surface area contributed by atoms with E-state index < -0.39 is 0 Å². The van der Waals surface area contributed by atoms with Gasteiger partial charge in [-0.05, 0) is 26.2 Å². The highest BCUT2D eigenvalue weighted by Crippen LogP contribution is 2.22. The van der Waals surface area contributed by atoms with Crippen LogP contribution in [0.3, 0.4) is 0 Å². The van der Waals surface area contributed by atoms with Crippen molar-refractivity contribution < 1.29 is 0 Å². The van der Waals surface area contributed by atoms with Gasteiger partial charge < -0.3 is 4.90 Å². The molecule has 3 rings (SSSR count). The van der Waals surface area contributed by atoms with Crippen LogP contribution in [0.2, 0.25) is 0 Å². The summed E-state index contributed by atoms with van der Waals surface area (Å²) in [6.45, 7) is 3.15. The summed E-state index contributed by atoms with van der Waals surface area (Å²) in [6.07, 6.45) is 8.68. The number of hydrogen-bond donors (Lipinski definition) is 2. The second-order valence-corrected chi connectivity index (χ2v) is 4.91. The number of hydrogen-bond acceptors (Lipinski definition) is 7. The van der Waals surface area contributed by atoms with Gasteiger partial charge in [0.25, 0.3) is 0 Å². The van der Waals surface area contributed by atoms with E-state index in [1.165, 1.54) is 6.42 Å². The Balaban J connectivity index is 1.99. The predicted octanol–water partition coefficient (Wildman–Crippen LogP) is 0.722. The minimum absolute atomic E-state index is 0.358. The molecule has 2 aromatic rings. The highest BCUT2D eigenvalue weighted by molar-refractivity contribution is 5.40. The first-order valence-corrected chi connectivity index (χ1v) is 6.75. The summed E-state index contributed by atoms with van der Waals surface area (Å²) >= 11 is 0. The van der Waals surface area contributed by atoms with Crippen molar-refractivity contribution in [2.24, 2.45) is 5.84 Å². The fraction of sp³-hybridized carbons (Fsp3) is 0.500. The van der Waals surface area contributed by atoms with Crippen molar-refractivity contribution in [3.05, 3.63) is 18.7 Å². The molecule has 0 bridgehead atoms. The van der Waals surface area contributed by atoms with Crippen molar-refractivity contribution in [3.8, 4) is 5.95 Å². The van der Waals surface area contributed by atoms with Gasteiger partial charge in [0.15, 0.2) is 0 Å². The maximum Gasteiger partial charge on any atom is 0.243 e. The average Bonchev–Trinajstić information content (AvgIpc) is 3.01. The molecule has 1 fully saturated rings. The predicted molar refractivity (Wildman–Crippen MR) is 75.4 cm³/mol. The van der Waals surface area contributed by atoms with Crippen LogP contribution in [-0.4, -0.2) is 37.1 Å². The Bertz CT molecular complexity index is 567. The molecule has 3 N–H and O–H groups in total. The molecule has 106 valence electrons. The molecule has 3 heterocycles. The van der Waals surface area contributed by atoms with E-state index in [0.717, 1.165) is 19.4 Å². The van der Waals surface area contributed by atoms with Gasteiger partial charge in [0.05, 0.1) is 0 Å². The number of nitrogens with one attached hydrogen (secondary N) is 1. The number of nitrogens with two attached hydrogens (primary N) is 1. The molecule has 8 heteroatoms. The summed E-state index contributed by atoms with van der Waals surface area (Å²) in [5, 5.41) is 0. The van der Waals surface area contributed by atoms with Crippen LogP contribution in [0.1, 0.15) is 26.2 Å². The molecule has 1 unspecified atom stereocenters. The Morgan fingerprint density at radius 3 is 2.80 bits per heavy atom. The van der Waals surface area contributed by atoms with E-state index in [-0.39, 0.29) is 0 Å². The minimum atomic E-state index is 0.358. The Hall–Kier alpha value is -2.22. The second kappa shape index (κ2) is 5.41. The monoisotopic (exact) mass is 274 g/mol. The number of rotatable bonds is 3. The van der Waals surface area contributed by atoms with Gasteiger partial charge in [-0.1, -0.05) is 0 Å². The zero-order valence-electron chi connectivity index (χ0n) is 11.4. The number of anilines is 2. The topological polar surface area (TPSA) is 97.8 Å². The molecule has 2 aromatic heterocycles. The molecule has 1 aliphatic rings. The molecule has 0 spiro atoms. The molecule has 20 heavy (non-hydrogen) atoms. The summed E-state index contributed by atoms with van der Waals surface area (Å²) in [4.78, 5) is 19.4. The number of hydrazine groups is 1. The molecule has 1 atom stereocenters. The Kier molecular flexibility index (Phi) is 3.46. The van der Waals surface area contributed by atoms with Crippen LogP contribution < -0.4 is 16.2 Å². The van der Waals surface area contributed by atoms with Gasteiger partial charge in [-0.25, -0.2) is 10.8 Å². The molecule has 0 saturated carbocycles. The first kappa shape index (κ1) is 12.8. The molecule has 0 radical (unpaired) electrons. The van der Waals surface area contributed by atoms with Crippen molar-refractivity contribution in [3.63, 3.8) is 0 Å². The molecular formula is C12H18N8. The Morgan fingerprint density at radius 2 is 2.10 bits per heavy atom. The lowest BCUT2D eigenvalue weighted by Crippen LogP contribution is -2.39. The first-order chi connectivity index (χ1) is 9.78. The van der Waals surface area contributed by atoms with Gasteiger partial charge in [0, 0.05) is 25.0 Å². The number of piperidine rings is 1. The third kappa shape index (κ3) is 2.42. The quantitative estimate of drug-likeness (QED) is 0.628. The van der Waals surface area contributed by atoms with E-state index in [0.29, 0.717) is 23.9 Å². The molecule has 0 aromatic carbocycles. The van der Waals surface area contributed by atoms with Crippen LogP contribution in [0, 0.1) is 0 Å². The van der Waals surface area contributed by atoms with Crippen LogP contribution >= 0.6 is 0 Å². The number of imidazole rings is 1. The summed E-state index contributed by atoms with van der Waals surface area (Å²) in [5.41, 5.74) is 2.50. The molecule has 1 aliphatic heterocycles. The van der Waals surface area contributed by atoms with Gasteiger partial charge >= 0.3 is 0 Å². The van der Waals surface area contributed by atoms with E-state index in [1.54, 1.807) is 23.3 Å². The van der Waals surface area contributed by atoms with Crippen molar-refractivity contribution in [1.29, 1.82) is 0 Å². The summed E-state index contributed by atoms with van der Waals surface area (Å²) < 4.78 is 1.74. The molecule has 0 aliphatic carbocycles. The van der Waals surface area contributed by atoms with Gasteiger partial charge in [-0.15, -0.1) is 0 Å². The van der Waals surface area contributed by atoms with Crippen molar-refractivity contribution in [1.82, 2.24) is 24.5 Å². The third-order valence-corrected chi connectivity index (χ3v) is 3.54. The zero-order valence-corrected chi connectivity index (χ0v) is 11.4. The normalized spacial score (nSPS) is 19.1. The Labute approximate surface area is 117 Å². The summed E-state index contributed by atoms with van der Waals surface area (Å²) in [6, 6.07) is 0.424. The smallest absolute Gasteiger partial charge is 0.243 e. The van der Waals surface area contributed by atoms with Crippen LogP contribution in [0.15, 0.2) is 18.7 Å². The molecule has 1 saturated heterocycles. The maximum absolute atomic E-state index is 5.46. The SMILES string of the molecule is CC1CCCCN1c1nc(NN)nc(-n2ccnc2)n1. The summed E-state index contributed by atoms with van der Waals surface area (Å²) in [5.74, 6) is 6.99. The highest BCUT2D eigenvalue weighted by atomic mass is 15.4. The van der Waals surface area contributed by atoms with Crippen molar-refractivity contribution in [2.75, 3.05) is 16.9 Å². The lowest BCUT2D eigenvalue weighted by Gasteiger charge is -2.33. The van der Waals surface area contributed by atoms with E-state index >= 15 is 0 Å². The lowest BCUT2D eigenvalue weighted by molar-refractivity contribution is 0.476. The second-order valence-electron chi connectivity index (χ2n) is 4.91. The van der Waals surface area contributed by atoms with Gasteiger partial charge in [0.1, 0.15) is 6.33 Å². The van der Waals surface area contributed by atoms with Crippen molar-refractivity contribution in [2.45, 2.75) is 32.2 Å². The number of nitrogen functional groups attached to an aromatic ring is 1. The van der Waals surface area contributed by atoms with Gasteiger partial charge in [-0.2, -0.15) is 15.0 Å². The van der Waals surface area contributed by atoms with E-state index in [9.17, 15) is 0 Å². The van der Waals surface area contributed by atoms with Crippen LogP contribution in [0.4, 0.5) is 11.9 Å². The zero-order chi connectivity index (χ0) is 13.9. The van der Waals surface area contributed by atoms with Crippen molar-refractivity contribution >= 4 is 11.9 Å². The largest absolute Gasteiger partial charge is 0.338 e. The summed E-state index contributed by atoms with van der Waals surface area (Å²) in [7, 11) is 0. The maximum atomic E-state index is 5.46. The van der Waals surface area contributed by atoms with E-state index in [2.05, 4.69) is 37.2 Å². The van der Waals surface area contributed by atoms with Crippen LogP contribution in [0.5, 0.6) is 0 Å². The molecular weight excluding hydrogens is 256 g/mol. The number of nitrogens with zero attached hydrogens (tertiary/aromatic N) is 6. The lowest BCUT2D eigenvalue weighted by atomic mass is 10.0. The van der Waals surface area contributed by atoms with Crippen LogP contribution in [0.25, 0.3) is 5.95 Å². The first-order valence-electron chi connectivity index (χ1n) is 6.75. The molecule has 0 amide bonds.